The molecule has 5 nitrogen and oxygen atoms in total. The molecule has 6 heteroatoms. The fourth-order valence-corrected chi connectivity index (χ4v) is 4.93. The van der Waals surface area contributed by atoms with Gasteiger partial charge in [0.25, 0.3) is 0 Å². The number of para-hydroxylation sites is 2. The van der Waals surface area contributed by atoms with Crippen molar-refractivity contribution < 1.29 is 14.6 Å². The van der Waals surface area contributed by atoms with E-state index < -0.39 is 5.97 Å². The predicted molar refractivity (Wildman–Crippen MR) is 148 cm³/mol. The number of anilines is 2. The van der Waals surface area contributed by atoms with Crippen LogP contribution in [0.3, 0.4) is 0 Å². The summed E-state index contributed by atoms with van der Waals surface area (Å²) in [7, 11) is 0. The smallest absolute Gasteiger partial charge is 0.335 e. The number of rotatable bonds is 7. The number of halogens is 1. The van der Waals surface area contributed by atoms with E-state index in [9.17, 15) is 9.90 Å². The van der Waals surface area contributed by atoms with Crippen LogP contribution >= 0.6 is 12.4 Å². The van der Waals surface area contributed by atoms with Crippen molar-refractivity contribution in [1.29, 1.82) is 0 Å². The molecular formula is C30H31ClN2O3. The molecule has 0 amide bonds. The molecule has 0 fully saturated rings. The van der Waals surface area contributed by atoms with Gasteiger partial charge in [0.1, 0.15) is 11.9 Å². The van der Waals surface area contributed by atoms with Crippen LogP contribution in [0.15, 0.2) is 84.9 Å². The largest absolute Gasteiger partial charge is 0.486 e. The summed E-state index contributed by atoms with van der Waals surface area (Å²) < 4.78 is 6.35. The number of aromatic carboxylic acids is 1. The van der Waals surface area contributed by atoms with E-state index in [0.717, 1.165) is 35.7 Å². The van der Waals surface area contributed by atoms with Gasteiger partial charge in [-0.05, 0) is 79.0 Å². The third-order valence-electron chi connectivity index (χ3n) is 6.66. The van der Waals surface area contributed by atoms with Crippen molar-refractivity contribution in [1.82, 2.24) is 5.32 Å². The lowest BCUT2D eigenvalue weighted by Crippen LogP contribution is -2.39. The molecule has 1 aliphatic rings. The van der Waals surface area contributed by atoms with Crippen molar-refractivity contribution in [3.8, 4) is 5.75 Å². The van der Waals surface area contributed by atoms with Crippen LogP contribution in [0.2, 0.25) is 0 Å². The molecule has 0 spiro atoms. The maximum atomic E-state index is 11.7. The minimum atomic E-state index is -0.917. The van der Waals surface area contributed by atoms with Crippen LogP contribution in [0.4, 0.5) is 11.4 Å². The van der Waals surface area contributed by atoms with Crippen LogP contribution in [-0.2, 0) is 0 Å². The van der Waals surface area contributed by atoms with Gasteiger partial charge in [0.15, 0.2) is 0 Å². The fraction of sp³-hybridized carbons (Fsp3) is 0.233. The molecule has 2 N–H and O–H groups in total. The second-order valence-electron chi connectivity index (χ2n) is 9.21. The van der Waals surface area contributed by atoms with Crippen LogP contribution in [0.5, 0.6) is 5.75 Å². The number of carboxylic acids is 1. The van der Waals surface area contributed by atoms with Crippen LogP contribution in [0, 0.1) is 6.92 Å². The summed E-state index contributed by atoms with van der Waals surface area (Å²) in [6.07, 6.45) is 0.809. The van der Waals surface area contributed by atoms with E-state index in [1.165, 1.54) is 16.3 Å². The highest BCUT2D eigenvalue weighted by molar-refractivity contribution is 5.90. The van der Waals surface area contributed by atoms with Gasteiger partial charge in [0.05, 0.1) is 17.8 Å². The number of hydrogen-bond donors (Lipinski definition) is 2. The summed E-state index contributed by atoms with van der Waals surface area (Å²) in [4.78, 5) is 13.8. The van der Waals surface area contributed by atoms with Crippen LogP contribution in [0.25, 0.3) is 10.8 Å². The lowest BCUT2D eigenvalue weighted by molar-refractivity contribution is 0.0697. The lowest BCUT2D eigenvalue weighted by Gasteiger charge is -2.37. The minimum absolute atomic E-state index is 0. The first kappa shape index (κ1) is 25.5. The second kappa shape index (κ2) is 11.0. The van der Waals surface area contributed by atoms with E-state index in [1.54, 1.807) is 12.1 Å². The first-order valence-corrected chi connectivity index (χ1v) is 12.1. The first-order valence-electron chi connectivity index (χ1n) is 12.1. The highest BCUT2D eigenvalue weighted by Gasteiger charge is 2.27. The number of carbonyl (C=O) groups is 1. The summed E-state index contributed by atoms with van der Waals surface area (Å²) in [5.41, 5.74) is 4.35. The number of aryl methyl sites for hydroxylation is 1. The number of nitrogens with zero attached hydrogens (tertiary/aromatic N) is 1. The number of benzene rings is 4. The standard InChI is InChI=1S/C30H30N2O3.ClH/c1-20-16-23(30(33)34)18-24(17-20)32-19-25(35-29-13-6-5-12-28(29)32)14-15-31-21(2)26-11-7-9-22-8-3-4-10-27(22)26;/h3-13,16-18,21,25,31H,14-15,19H2,1-2H3,(H,33,34);1H/t21-,25?;/m1./s1. The zero-order chi connectivity index (χ0) is 24.4. The van der Waals surface area contributed by atoms with Gasteiger partial charge < -0.3 is 20.1 Å². The van der Waals surface area contributed by atoms with Crippen molar-refractivity contribution in [2.45, 2.75) is 32.4 Å². The Bertz CT molecular complexity index is 1370. The molecule has 4 aromatic rings. The molecule has 0 saturated carbocycles. The molecule has 1 heterocycles. The topological polar surface area (TPSA) is 61.8 Å². The zero-order valence-electron chi connectivity index (χ0n) is 20.5. The van der Waals surface area contributed by atoms with Gasteiger partial charge in [0.2, 0.25) is 0 Å². The third-order valence-corrected chi connectivity index (χ3v) is 6.66. The van der Waals surface area contributed by atoms with E-state index in [4.69, 9.17) is 4.74 Å². The normalized spacial score (nSPS) is 15.5. The van der Waals surface area contributed by atoms with Gasteiger partial charge in [-0.15, -0.1) is 12.4 Å². The monoisotopic (exact) mass is 502 g/mol. The van der Waals surface area contributed by atoms with Crippen LogP contribution < -0.4 is 15.0 Å². The SMILES string of the molecule is Cc1cc(C(=O)O)cc(N2CC(CCN[C@H](C)c3cccc4ccccc34)Oc3ccccc32)c1.Cl. The molecule has 36 heavy (non-hydrogen) atoms. The average Bonchev–Trinajstić information content (AvgIpc) is 2.87. The summed E-state index contributed by atoms with van der Waals surface area (Å²) in [6.45, 7) is 5.59. The number of nitrogens with one attached hydrogen (secondary N) is 1. The Balaban J connectivity index is 0.00000304. The van der Waals surface area contributed by atoms with Crippen molar-refractivity contribution in [3.63, 3.8) is 0 Å². The van der Waals surface area contributed by atoms with Crippen LogP contribution in [0.1, 0.15) is 40.9 Å². The first-order chi connectivity index (χ1) is 17.0. The van der Waals surface area contributed by atoms with Gasteiger partial charge in [-0.2, -0.15) is 0 Å². The van der Waals surface area contributed by atoms with Crippen molar-refractivity contribution in [3.05, 3.63) is 102 Å². The summed E-state index contributed by atoms with van der Waals surface area (Å²) in [5.74, 6) is -0.0936. The number of hydrogen-bond acceptors (Lipinski definition) is 4. The van der Waals surface area contributed by atoms with E-state index in [0.29, 0.717) is 12.1 Å². The molecule has 2 atom stereocenters. The van der Waals surface area contributed by atoms with Gasteiger partial charge in [0, 0.05) is 11.7 Å². The highest BCUT2D eigenvalue weighted by atomic mass is 35.5. The van der Waals surface area contributed by atoms with E-state index in [2.05, 4.69) is 59.6 Å². The quantitative estimate of drug-likeness (QED) is 0.287. The maximum absolute atomic E-state index is 11.7. The van der Waals surface area contributed by atoms with Gasteiger partial charge in [-0.25, -0.2) is 4.79 Å². The van der Waals surface area contributed by atoms with E-state index in [-0.39, 0.29) is 24.6 Å². The van der Waals surface area contributed by atoms with Crippen molar-refractivity contribution in [2.75, 3.05) is 18.0 Å². The zero-order valence-corrected chi connectivity index (χ0v) is 21.3. The number of ether oxygens (including phenoxy) is 1. The Hall–Kier alpha value is -3.54. The van der Waals surface area contributed by atoms with Crippen molar-refractivity contribution >= 4 is 40.5 Å². The molecule has 5 rings (SSSR count). The van der Waals surface area contributed by atoms with Gasteiger partial charge in [-0.3, -0.25) is 0 Å². The van der Waals surface area contributed by atoms with E-state index in [1.807, 2.05) is 37.3 Å². The molecule has 1 aliphatic heterocycles. The highest BCUT2D eigenvalue weighted by Crippen LogP contribution is 2.39. The third kappa shape index (κ3) is 5.32. The molecule has 0 radical (unpaired) electrons. The number of fused-ring (bicyclic) bond motifs is 2. The lowest BCUT2D eigenvalue weighted by atomic mass is 9.99. The summed E-state index contributed by atoms with van der Waals surface area (Å²) in [6, 6.07) is 28.6. The molecule has 1 unspecified atom stereocenters. The Morgan fingerprint density at radius 2 is 1.81 bits per heavy atom. The Morgan fingerprint density at radius 3 is 2.64 bits per heavy atom. The molecular weight excluding hydrogens is 472 g/mol. The van der Waals surface area contributed by atoms with E-state index >= 15 is 0 Å². The van der Waals surface area contributed by atoms with Crippen molar-refractivity contribution in [2.24, 2.45) is 0 Å². The molecule has 186 valence electrons. The van der Waals surface area contributed by atoms with Gasteiger partial charge >= 0.3 is 5.97 Å². The maximum Gasteiger partial charge on any atom is 0.335 e. The minimum Gasteiger partial charge on any atom is -0.486 e. The average molecular weight is 503 g/mol. The second-order valence-corrected chi connectivity index (χ2v) is 9.21. The molecule has 4 aromatic carbocycles. The van der Waals surface area contributed by atoms with Gasteiger partial charge in [-0.1, -0.05) is 54.6 Å². The Morgan fingerprint density at radius 1 is 1.06 bits per heavy atom. The van der Waals surface area contributed by atoms with Crippen LogP contribution in [-0.4, -0.2) is 30.3 Å². The number of carboxylic acid groups (broad SMARTS) is 1. The summed E-state index contributed by atoms with van der Waals surface area (Å²) >= 11 is 0. The predicted octanol–water partition coefficient (Wildman–Crippen LogP) is 6.91. The molecule has 0 aliphatic carbocycles. The molecule has 0 saturated heterocycles. The molecule has 0 aromatic heterocycles. The Kier molecular flexibility index (Phi) is 7.82. The fourth-order valence-electron chi connectivity index (χ4n) is 4.93. The molecule has 0 bridgehead atoms. The Labute approximate surface area is 218 Å². The summed E-state index contributed by atoms with van der Waals surface area (Å²) in [5, 5.41) is 15.8.